The summed E-state index contributed by atoms with van der Waals surface area (Å²) < 4.78 is 4.80. The van der Waals surface area contributed by atoms with Crippen molar-refractivity contribution in [3.63, 3.8) is 0 Å². The summed E-state index contributed by atoms with van der Waals surface area (Å²) in [6.45, 7) is 0. The molecule has 0 spiro atoms. The minimum Gasteiger partial charge on any atom is -0.481 e. The molecule has 0 unspecified atom stereocenters. The van der Waals surface area contributed by atoms with Crippen molar-refractivity contribution >= 4 is 0 Å². The number of hydrogen-bond acceptors (Lipinski definition) is 3. The average Bonchev–Trinajstić information content (AvgIpc) is 2.10. The van der Waals surface area contributed by atoms with Crippen LogP contribution in [0.5, 0.6) is 5.88 Å². The number of methoxy groups -OCH3 is 1. The van der Waals surface area contributed by atoms with Crippen LogP contribution in [-0.4, -0.2) is 19.1 Å². The van der Waals surface area contributed by atoms with Gasteiger partial charge in [-0.1, -0.05) is 6.07 Å². The Morgan fingerprint density at radius 1 is 1.40 bits per heavy atom. The summed E-state index contributed by atoms with van der Waals surface area (Å²) in [6.07, 6.45) is 1.69. The zero-order valence-electron chi connectivity index (χ0n) is 6.24. The lowest BCUT2D eigenvalue weighted by Gasteiger charge is -1.92. The molecule has 56 valence electrons. The van der Waals surface area contributed by atoms with Gasteiger partial charge >= 0.3 is 0 Å². The lowest BCUT2D eigenvalue weighted by molar-refractivity contribution is 0.398. The van der Waals surface area contributed by atoms with E-state index in [2.05, 4.69) is 10.7 Å². The van der Waals surface area contributed by atoms with Crippen LogP contribution >= 0.6 is 0 Å². The van der Waals surface area contributed by atoms with E-state index < -0.39 is 0 Å². The lowest BCUT2D eigenvalue weighted by Crippen LogP contribution is -1.83. The number of rotatable bonds is 1. The van der Waals surface area contributed by atoms with Gasteiger partial charge in [0.05, 0.1) is 7.11 Å². The molecule has 0 bridgehead atoms. The number of pyridine rings is 1. The Bertz CT molecular complexity index is 153. The van der Waals surface area contributed by atoms with E-state index in [4.69, 9.17) is 4.74 Å². The molecular formula is C7H12N2O. The van der Waals surface area contributed by atoms with Crippen LogP contribution in [0.25, 0.3) is 0 Å². The van der Waals surface area contributed by atoms with Crippen molar-refractivity contribution in [3.05, 3.63) is 24.4 Å². The summed E-state index contributed by atoms with van der Waals surface area (Å²) >= 11 is 0. The number of nitrogens with zero attached hydrogens (tertiary/aromatic N) is 1. The van der Waals surface area contributed by atoms with Crippen molar-refractivity contribution in [2.24, 2.45) is 5.73 Å². The summed E-state index contributed by atoms with van der Waals surface area (Å²) in [7, 11) is 3.10. The van der Waals surface area contributed by atoms with Gasteiger partial charge in [-0.15, -0.1) is 0 Å². The Morgan fingerprint density at radius 2 is 2.10 bits per heavy atom. The third-order valence-corrected chi connectivity index (χ3v) is 0.847. The molecule has 0 amide bonds. The van der Waals surface area contributed by atoms with E-state index in [0.717, 1.165) is 0 Å². The van der Waals surface area contributed by atoms with E-state index in [1.54, 1.807) is 19.4 Å². The standard InChI is InChI=1S/C6H7NO.CH5N/c1-8-6-4-2-3-5-7-6;1-2/h2-5H,1H3;2H2,1H3. The minimum atomic E-state index is 0.660. The maximum Gasteiger partial charge on any atom is 0.212 e. The second kappa shape index (κ2) is 6.04. The monoisotopic (exact) mass is 140 g/mol. The van der Waals surface area contributed by atoms with E-state index in [-0.39, 0.29) is 0 Å². The van der Waals surface area contributed by atoms with Crippen molar-refractivity contribution in [3.8, 4) is 5.88 Å². The van der Waals surface area contributed by atoms with Gasteiger partial charge in [0.25, 0.3) is 0 Å². The van der Waals surface area contributed by atoms with Gasteiger partial charge in [0.15, 0.2) is 0 Å². The van der Waals surface area contributed by atoms with Crippen molar-refractivity contribution in [1.29, 1.82) is 0 Å². The highest BCUT2D eigenvalue weighted by Crippen LogP contribution is 1.99. The highest BCUT2D eigenvalue weighted by Gasteiger charge is 1.82. The summed E-state index contributed by atoms with van der Waals surface area (Å²) in [5.41, 5.74) is 4.50. The molecule has 1 rings (SSSR count). The predicted molar refractivity (Wildman–Crippen MR) is 40.9 cm³/mol. The van der Waals surface area contributed by atoms with E-state index in [0.29, 0.717) is 5.88 Å². The SMILES string of the molecule is CN.COc1ccccn1. The molecule has 3 nitrogen and oxygen atoms in total. The first-order valence-corrected chi connectivity index (χ1v) is 2.96. The second-order valence-electron chi connectivity index (χ2n) is 1.37. The first-order valence-electron chi connectivity index (χ1n) is 2.96. The van der Waals surface area contributed by atoms with Crippen molar-refractivity contribution in [2.75, 3.05) is 14.2 Å². The van der Waals surface area contributed by atoms with Crippen LogP contribution in [0.1, 0.15) is 0 Å². The topological polar surface area (TPSA) is 48.1 Å². The third-order valence-electron chi connectivity index (χ3n) is 0.847. The molecular weight excluding hydrogens is 128 g/mol. The molecule has 0 aliphatic heterocycles. The van der Waals surface area contributed by atoms with Crippen LogP contribution in [0.4, 0.5) is 0 Å². The normalized spacial score (nSPS) is 7.50. The lowest BCUT2D eigenvalue weighted by atomic mass is 10.5. The number of aromatic nitrogens is 1. The molecule has 0 aliphatic rings. The first kappa shape index (κ1) is 8.91. The zero-order chi connectivity index (χ0) is 7.82. The Labute approximate surface area is 60.8 Å². The largest absolute Gasteiger partial charge is 0.481 e. The molecule has 0 aromatic carbocycles. The summed E-state index contributed by atoms with van der Waals surface area (Å²) in [5.74, 6) is 0.660. The fourth-order valence-electron chi connectivity index (χ4n) is 0.468. The summed E-state index contributed by atoms with van der Waals surface area (Å²) in [4.78, 5) is 3.88. The van der Waals surface area contributed by atoms with E-state index in [9.17, 15) is 0 Å². The van der Waals surface area contributed by atoms with E-state index in [1.807, 2.05) is 12.1 Å². The van der Waals surface area contributed by atoms with Crippen molar-refractivity contribution < 1.29 is 4.74 Å². The highest BCUT2D eigenvalue weighted by atomic mass is 16.5. The second-order valence-corrected chi connectivity index (χ2v) is 1.37. The van der Waals surface area contributed by atoms with Gasteiger partial charge in [-0.25, -0.2) is 4.98 Å². The number of nitrogens with two attached hydrogens (primary N) is 1. The molecule has 0 atom stereocenters. The van der Waals surface area contributed by atoms with E-state index >= 15 is 0 Å². The Kier molecular flexibility index (Phi) is 5.38. The van der Waals surface area contributed by atoms with Gasteiger partial charge in [0, 0.05) is 12.3 Å². The average molecular weight is 140 g/mol. The van der Waals surface area contributed by atoms with Crippen LogP contribution in [0, 0.1) is 0 Å². The Hall–Kier alpha value is -1.09. The maximum absolute atomic E-state index is 4.80. The molecule has 0 fully saturated rings. The molecule has 1 aromatic heterocycles. The molecule has 0 saturated carbocycles. The molecule has 1 aromatic rings. The number of ether oxygens (including phenoxy) is 1. The van der Waals surface area contributed by atoms with Crippen LogP contribution in [0.2, 0.25) is 0 Å². The molecule has 0 saturated heterocycles. The quantitative estimate of drug-likeness (QED) is 0.623. The maximum atomic E-state index is 4.80. The van der Waals surface area contributed by atoms with Crippen LogP contribution < -0.4 is 10.5 Å². The van der Waals surface area contributed by atoms with Crippen molar-refractivity contribution in [2.45, 2.75) is 0 Å². The van der Waals surface area contributed by atoms with Gasteiger partial charge in [-0.3, -0.25) is 0 Å². The van der Waals surface area contributed by atoms with Gasteiger partial charge in [0.1, 0.15) is 0 Å². The fourth-order valence-corrected chi connectivity index (χ4v) is 0.468. The number of hydrogen-bond donors (Lipinski definition) is 1. The summed E-state index contributed by atoms with van der Waals surface area (Å²) in [5, 5.41) is 0. The van der Waals surface area contributed by atoms with Gasteiger partial charge < -0.3 is 10.5 Å². The fraction of sp³-hybridized carbons (Fsp3) is 0.286. The molecule has 0 radical (unpaired) electrons. The zero-order valence-corrected chi connectivity index (χ0v) is 6.24. The smallest absolute Gasteiger partial charge is 0.212 e. The summed E-state index contributed by atoms with van der Waals surface area (Å²) in [6, 6.07) is 5.54. The highest BCUT2D eigenvalue weighted by molar-refractivity contribution is 5.08. The molecule has 2 N–H and O–H groups in total. The molecule has 3 heteroatoms. The molecule has 10 heavy (non-hydrogen) atoms. The van der Waals surface area contributed by atoms with Gasteiger partial charge in [-0.05, 0) is 13.1 Å². The third kappa shape index (κ3) is 3.04. The predicted octanol–water partition coefficient (Wildman–Crippen LogP) is 0.665. The van der Waals surface area contributed by atoms with Crippen LogP contribution in [-0.2, 0) is 0 Å². The van der Waals surface area contributed by atoms with Crippen molar-refractivity contribution in [1.82, 2.24) is 4.98 Å². The minimum absolute atomic E-state index is 0.660. The van der Waals surface area contributed by atoms with Crippen LogP contribution in [0.3, 0.4) is 0 Å². The molecule has 1 heterocycles. The van der Waals surface area contributed by atoms with Gasteiger partial charge in [-0.2, -0.15) is 0 Å². The van der Waals surface area contributed by atoms with Crippen LogP contribution in [0.15, 0.2) is 24.4 Å². The Morgan fingerprint density at radius 3 is 2.40 bits per heavy atom. The van der Waals surface area contributed by atoms with Gasteiger partial charge in [0.2, 0.25) is 5.88 Å². The first-order chi connectivity index (χ1) is 4.93. The van der Waals surface area contributed by atoms with E-state index in [1.165, 1.54) is 7.05 Å². The Balaban J connectivity index is 0.000000371. The molecule has 0 aliphatic carbocycles.